The number of ether oxygens (including phenoxy) is 1. The predicted octanol–water partition coefficient (Wildman–Crippen LogP) is 5.33. The molecule has 2 aromatic heterocycles. The van der Waals surface area contributed by atoms with Crippen LogP contribution in [-0.4, -0.2) is 33.9 Å². The highest BCUT2D eigenvalue weighted by atomic mass is 19.4. The van der Waals surface area contributed by atoms with Gasteiger partial charge in [-0.1, -0.05) is 6.07 Å². The molecule has 11 heteroatoms. The Balaban J connectivity index is 1.84. The van der Waals surface area contributed by atoms with Gasteiger partial charge in [0.05, 0.1) is 16.6 Å². The zero-order valence-electron chi connectivity index (χ0n) is 16.3. The van der Waals surface area contributed by atoms with Gasteiger partial charge >= 0.3 is 12.4 Å². The van der Waals surface area contributed by atoms with Gasteiger partial charge < -0.3 is 10.1 Å². The molecule has 0 spiro atoms. The summed E-state index contributed by atoms with van der Waals surface area (Å²) < 4.78 is 86.9. The number of hydrogen-bond acceptors (Lipinski definition) is 4. The Morgan fingerprint density at radius 1 is 1.00 bits per heavy atom. The third-order valence-electron chi connectivity index (χ3n) is 5.13. The maximum absolute atomic E-state index is 13.6. The number of nitrogens with one attached hydrogen (secondary N) is 1. The Kier molecular flexibility index (Phi) is 5.32. The molecule has 0 saturated carbocycles. The Morgan fingerprint density at radius 3 is 2.35 bits per heavy atom. The molecule has 3 aromatic rings. The van der Waals surface area contributed by atoms with Gasteiger partial charge in [-0.25, -0.2) is 0 Å². The molecule has 5 nitrogen and oxygen atoms in total. The van der Waals surface area contributed by atoms with E-state index in [4.69, 9.17) is 4.74 Å². The number of nitrogens with zero attached hydrogens (tertiary/aromatic N) is 3. The molecule has 4 rings (SSSR count). The van der Waals surface area contributed by atoms with Gasteiger partial charge in [-0.05, 0) is 43.5 Å². The van der Waals surface area contributed by atoms with Crippen LogP contribution < -0.4 is 5.32 Å². The highest BCUT2D eigenvalue weighted by Gasteiger charge is 2.39. The SMILES string of the molecule is Cc1cc2c(-c3ccc(C(F)(F)F)cc3C(F)(F)F)nnc(NC3CCOCC3)n2c1. The van der Waals surface area contributed by atoms with Crippen molar-refractivity contribution in [3.8, 4) is 11.3 Å². The van der Waals surface area contributed by atoms with Crippen LogP contribution >= 0.6 is 0 Å². The number of aryl methyl sites for hydroxylation is 1. The van der Waals surface area contributed by atoms with Crippen molar-refractivity contribution < 1.29 is 31.1 Å². The lowest BCUT2D eigenvalue weighted by atomic mass is 10.00. The fourth-order valence-electron chi connectivity index (χ4n) is 3.63. The number of rotatable bonds is 3. The van der Waals surface area contributed by atoms with Crippen molar-refractivity contribution in [1.29, 1.82) is 0 Å². The minimum atomic E-state index is -5.00. The van der Waals surface area contributed by atoms with Crippen LogP contribution in [0.4, 0.5) is 32.3 Å². The normalized spacial score (nSPS) is 16.1. The monoisotopic (exact) mass is 444 g/mol. The van der Waals surface area contributed by atoms with Gasteiger partial charge in [0, 0.05) is 31.0 Å². The molecule has 1 N–H and O–H groups in total. The summed E-state index contributed by atoms with van der Waals surface area (Å²) in [5.41, 5.74) is -2.35. The molecule has 0 atom stereocenters. The summed E-state index contributed by atoms with van der Waals surface area (Å²) in [6.45, 7) is 2.92. The van der Waals surface area contributed by atoms with E-state index in [1.165, 1.54) is 0 Å². The van der Waals surface area contributed by atoms with Gasteiger partial charge in [0.2, 0.25) is 5.95 Å². The molecular formula is C20H18F6N4O. The van der Waals surface area contributed by atoms with Gasteiger partial charge in [0.1, 0.15) is 5.69 Å². The molecule has 1 aliphatic heterocycles. The number of hydrogen-bond donors (Lipinski definition) is 1. The van der Waals surface area contributed by atoms with Crippen LogP contribution in [0.1, 0.15) is 29.5 Å². The number of anilines is 1. The van der Waals surface area contributed by atoms with Crippen LogP contribution in [-0.2, 0) is 17.1 Å². The molecule has 3 heterocycles. The van der Waals surface area contributed by atoms with E-state index in [2.05, 4.69) is 15.5 Å². The molecule has 1 aliphatic rings. The van der Waals surface area contributed by atoms with E-state index in [1.807, 2.05) is 0 Å². The van der Waals surface area contributed by atoms with Crippen LogP contribution in [0.5, 0.6) is 0 Å². The molecule has 0 bridgehead atoms. The molecular weight excluding hydrogens is 426 g/mol. The topological polar surface area (TPSA) is 51.5 Å². The second-order valence-corrected chi connectivity index (χ2v) is 7.43. The largest absolute Gasteiger partial charge is 0.417 e. The van der Waals surface area contributed by atoms with Crippen LogP contribution in [0.3, 0.4) is 0 Å². The fourth-order valence-corrected chi connectivity index (χ4v) is 3.63. The average Bonchev–Trinajstić information content (AvgIpc) is 3.09. The number of fused-ring (bicyclic) bond motifs is 1. The number of benzene rings is 1. The standard InChI is InChI=1S/C20H18F6N4O/c1-11-8-16-17(14-3-2-12(19(21,22)23)9-15(14)20(24,25)26)28-29-18(30(16)10-11)27-13-4-6-31-7-5-13/h2-3,8-10,13H,4-7H2,1H3,(H,27,29). The number of halogens is 6. The first-order chi connectivity index (χ1) is 14.5. The van der Waals surface area contributed by atoms with Gasteiger partial charge in [-0.3, -0.25) is 4.40 Å². The van der Waals surface area contributed by atoms with Crippen molar-refractivity contribution in [1.82, 2.24) is 14.6 Å². The second-order valence-electron chi connectivity index (χ2n) is 7.43. The maximum atomic E-state index is 13.6. The predicted molar refractivity (Wildman–Crippen MR) is 101 cm³/mol. The van der Waals surface area contributed by atoms with Gasteiger partial charge in [0.25, 0.3) is 0 Å². The van der Waals surface area contributed by atoms with Crippen molar-refractivity contribution in [3.05, 3.63) is 47.2 Å². The highest BCUT2D eigenvalue weighted by molar-refractivity contribution is 5.81. The lowest BCUT2D eigenvalue weighted by Crippen LogP contribution is -2.29. The van der Waals surface area contributed by atoms with Crippen LogP contribution in [0.25, 0.3) is 16.8 Å². The van der Waals surface area contributed by atoms with Gasteiger partial charge in [-0.2, -0.15) is 26.3 Å². The molecule has 0 aliphatic carbocycles. The van der Waals surface area contributed by atoms with Crippen molar-refractivity contribution in [3.63, 3.8) is 0 Å². The summed E-state index contributed by atoms with van der Waals surface area (Å²) in [5, 5.41) is 11.3. The fraction of sp³-hybridized carbons (Fsp3) is 0.400. The van der Waals surface area contributed by atoms with Gasteiger partial charge in [0.15, 0.2) is 0 Å². The zero-order valence-corrected chi connectivity index (χ0v) is 16.3. The first kappa shape index (κ1) is 21.4. The third-order valence-corrected chi connectivity index (χ3v) is 5.13. The van der Waals surface area contributed by atoms with E-state index in [1.54, 1.807) is 23.6 Å². The molecule has 1 saturated heterocycles. The van der Waals surface area contributed by atoms with Crippen molar-refractivity contribution in [2.45, 2.75) is 38.2 Å². The zero-order chi connectivity index (χ0) is 22.4. The quantitative estimate of drug-likeness (QED) is 0.555. The number of aromatic nitrogens is 3. The van der Waals surface area contributed by atoms with Crippen LogP contribution in [0.2, 0.25) is 0 Å². The van der Waals surface area contributed by atoms with Gasteiger partial charge in [-0.15, -0.1) is 10.2 Å². The Hall–Kier alpha value is -2.82. The summed E-state index contributed by atoms with van der Waals surface area (Å²) in [6, 6.07) is 3.21. The molecule has 0 unspecified atom stereocenters. The van der Waals surface area contributed by atoms with E-state index in [9.17, 15) is 26.3 Å². The molecule has 31 heavy (non-hydrogen) atoms. The van der Waals surface area contributed by atoms with E-state index < -0.39 is 29.0 Å². The van der Waals surface area contributed by atoms with E-state index in [0.29, 0.717) is 30.7 Å². The van der Waals surface area contributed by atoms with E-state index >= 15 is 0 Å². The third kappa shape index (κ3) is 4.32. The van der Waals surface area contributed by atoms with Crippen molar-refractivity contribution in [2.24, 2.45) is 0 Å². The van der Waals surface area contributed by atoms with Crippen LogP contribution in [0, 0.1) is 6.92 Å². The summed E-state index contributed by atoms with van der Waals surface area (Å²) >= 11 is 0. The lowest BCUT2D eigenvalue weighted by molar-refractivity contribution is -0.142. The molecule has 166 valence electrons. The first-order valence-electron chi connectivity index (χ1n) is 9.52. The maximum Gasteiger partial charge on any atom is 0.417 e. The summed E-state index contributed by atoms with van der Waals surface area (Å²) in [4.78, 5) is 0. The van der Waals surface area contributed by atoms with Crippen molar-refractivity contribution in [2.75, 3.05) is 18.5 Å². The minimum Gasteiger partial charge on any atom is -0.381 e. The van der Waals surface area contributed by atoms with E-state index in [0.717, 1.165) is 24.5 Å². The Morgan fingerprint density at radius 2 is 1.71 bits per heavy atom. The smallest absolute Gasteiger partial charge is 0.381 e. The Bertz CT molecular complexity index is 1100. The first-order valence-corrected chi connectivity index (χ1v) is 9.52. The lowest BCUT2D eigenvalue weighted by Gasteiger charge is -2.24. The molecule has 0 amide bonds. The Labute approximate surface area is 173 Å². The highest BCUT2D eigenvalue weighted by Crippen LogP contribution is 2.41. The van der Waals surface area contributed by atoms with Crippen LogP contribution in [0.15, 0.2) is 30.5 Å². The van der Waals surface area contributed by atoms with Crippen molar-refractivity contribution >= 4 is 11.5 Å². The minimum absolute atomic E-state index is 0.0663. The summed E-state index contributed by atoms with van der Waals surface area (Å²) in [6.07, 6.45) is -6.74. The number of alkyl halides is 6. The molecule has 0 radical (unpaired) electrons. The summed E-state index contributed by atoms with van der Waals surface area (Å²) in [5.74, 6) is 0.347. The average molecular weight is 444 g/mol. The molecule has 1 aromatic carbocycles. The van der Waals surface area contributed by atoms with E-state index in [-0.39, 0.29) is 17.8 Å². The molecule has 1 fully saturated rings. The summed E-state index contributed by atoms with van der Waals surface area (Å²) in [7, 11) is 0. The second kappa shape index (κ2) is 7.70.